The van der Waals surface area contributed by atoms with Crippen molar-refractivity contribution < 1.29 is 8.83 Å². The molecule has 84 valence electrons. The van der Waals surface area contributed by atoms with Gasteiger partial charge in [0.2, 0.25) is 5.89 Å². The molecular formula is C10H10ClN3O2. The number of rotatable bonds is 4. The monoisotopic (exact) mass is 239 g/mol. The van der Waals surface area contributed by atoms with Crippen molar-refractivity contribution in [3.05, 3.63) is 29.0 Å². The second kappa shape index (κ2) is 3.83. The van der Waals surface area contributed by atoms with Crippen LogP contribution in [-0.4, -0.2) is 10.2 Å². The van der Waals surface area contributed by atoms with Gasteiger partial charge in [-0.15, -0.1) is 5.10 Å². The normalized spacial score (nSPS) is 15.3. The van der Waals surface area contributed by atoms with Gasteiger partial charge in [-0.2, -0.15) is 0 Å². The fourth-order valence-electron chi connectivity index (χ4n) is 1.41. The largest absolute Gasteiger partial charge is 0.448 e. The van der Waals surface area contributed by atoms with E-state index in [9.17, 15) is 0 Å². The zero-order valence-corrected chi connectivity index (χ0v) is 9.20. The first-order chi connectivity index (χ1) is 7.81. The number of aromatic nitrogens is 2. The van der Waals surface area contributed by atoms with Gasteiger partial charge in [-0.3, -0.25) is 0 Å². The van der Waals surface area contributed by atoms with Crippen LogP contribution in [-0.2, 0) is 6.54 Å². The average Bonchev–Trinajstić information content (AvgIpc) is 2.87. The highest BCUT2D eigenvalue weighted by Crippen LogP contribution is 2.39. The smallest absolute Gasteiger partial charge is 0.315 e. The Morgan fingerprint density at radius 3 is 2.88 bits per heavy atom. The number of nitrogens with zero attached hydrogens (tertiary/aromatic N) is 2. The zero-order chi connectivity index (χ0) is 11.0. The summed E-state index contributed by atoms with van der Waals surface area (Å²) in [6.45, 7) is 0.485. The highest BCUT2D eigenvalue weighted by molar-refractivity contribution is 6.28. The third kappa shape index (κ3) is 2.04. The van der Waals surface area contributed by atoms with Crippen molar-refractivity contribution in [2.75, 3.05) is 5.32 Å². The maximum atomic E-state index is 5.65. The molecule has 0 spiro atoms. The second-order valence-corrected chi connectivity index (χ2v) is 4.15. The van der Waals surface area contributed by atoms with Gasteiger partial charge in [0.1, 0.15) is 5.76 Å². The van der Waals surface area contributed by atoms with Gasteiger partial charge in [-0.25, -0.2) is 0 Å². The molecule has 0 atom stereocenters. The molecule has 0 radical (unpaired) electrons. The lowest BCUT2D eigenvalue weighted by atomic mass is 10.4. The predicted molar refractivity (Wildman–Crippen MR) is 57.3 cm³/mol. The lowest BCUT2D eigenvalue weighted by Crippen LogP contribution is -1.97. The second-order valence-electron chi connectivity index (χ2n) is 3.78. The van der Waals surface area contributed by atoms with Crippen LogP contribution in [0.5, 0.6) is 0 Å². The maximum absolute atomic E-state index is 5.65. The predicted octanol–water partition coefficient (Wildman–Crippen LogP) is 2.81. The van der Waals surface area contributed by atoms with Crippen LogP contribution in [0.25, 0.3) is 0 Å². The van der Waals surface area contributed by atoms with Crippen molar-refractivity contribution in [3.8, 4) is 0 Å². The van der Waals surface area contributed by atoms with E-state index in [2.05, 4.69) is 15.5 Å². The molecule has 5 nitrogen and oxygen atoms in total. The summed E-state index contributed by atoms with van der Waals surface area (Å²) in [6.07, 6.45) is 2.30. The average molecular weight is 240 g/mol. The summed E-state index contributed by atoms with van der Waals surface area (Å²) in [4.78, 5) is 0. The maximum Gasteiger partial charge on any atom is 0.315 e. The fraction of sp³-hybridized carbons (Fsp3) is 0.400. The van der Waals surface area contributed by atoms with Gasteiger partial charge in [0.15, 0.2) is 5.22 Å². The Morgan fingerprint density at radius 2 is 2.19 bits per heavy atom. The van der Waals surface area contributed by atoms with Crippen molar-refractivity contribution in [1.29, 1.82) is 0 Å². The number of nitrogens with one attached hydrogen (secondary N) is 1. The van der Waals surface area contributed by atoms with Crippen molar-refractivity contribution in [2.24, 2.45) is 0 Å². The minimum Gasteiger partial charge on any atom is -0.448 e. The van der Waals surface area contributed by atoms with E-state index in [1.807, 2.05) is 0 Å². The van der Waals surface area contributed by atoms with Crippen LogP contribution in [0.2, 0.25) is 5.22 Å². The summed E-state index contributed by atoms with van der Waals surface area (Å²) in [6, 6.07) is 3.92. The Kier molecular flexibility index (Phi) is 2.32. The summed E-state index contributed by atoms with van der Waals surface area (Å²) in [7, 11) is 0. The summed E-state index contributed by atoms with van der Waals surface area (Å²) in [5.41, 5.74) is 0. The molecule has 6 heteroatoms. The first kappa shape index (κ1) is 9.72. The van der Waals surface area contributed by atoms with Gasteiger partial charge < -0.3 is 14.2 Å². The van der Waals surface area contributed by atoms with E-state index in [0.29, 0.717) is 23.7 Å². The zero-order valence-electron chi connectivity index (χ0n) is 8.44. The molecule has 1 N–H and O–H groups in total. The van der Waals surface area contributed by atoms with Crippen LogP contribution in [0.15, 0.2) is 21.0 Å². The minimum absolute atomic E-state index is 0.376. The number of hydrogen-bond acceptors (Lipinski definition) is 5. The minimum atomic E-state index is 0.376. The standard InChI is InChI=1S/C10H10ClN3O2/c11-8-4-3-7(15-8)5-12-10-14-13-9(16-10)6-1-2-6/h3-4,6H,1-2,5H2,(H,12,14). The Balaban J connectivity index is 1.61. The molecule has 0 aromatic carbocycles. The molecule has 2 aromatic rings. The molecule has 0 saturated heterocycles. The molecule has 0 unspecified atom stereocenters. The van der Waals surface area contributed by atoms with Crippen LogP contribution < -0.4 is 5.32 Å². The lowest BCUT2D eigenvalue weighted by Gasteiger charge is -1.96. The Bertz CT molecular complexity index is 490. The molecule has 1 saturated carbocycles. The summed E-state index contributed by atoms with van der Waals surface area (Å²) < 4.78 is 10.6. The highest BCUT2D eigenvalue weighted by Gasteiger charge is 2.29. The molecule has 1 aliphatic carbocycles. The molecular weight excluding hydrogens is 230 g/mol. The lowest BCUT2D eigenvalue weighted by molar-refractivity contribution is 0.493. The molecule has 0 bridgehead atoms. The number of anilines is 1. The van der Waals surface area contributed by atoms with Crippen molar-refractivity contribution in [3.63, 3.8) is 0 Å². The van der Waals surface area contributed by atoms with Gasteiger partial charge in [-0.1, -0.05) is 5.10 Å². The molecule has 0 aliphatic heterocycles. The Morgan fingerprint density at radius 1 is 1.31 bits per heavy atom. The number of furan rings is 1. The summed E-state index contributed by atoms with van der Waals surface area (Å²) in [5.74, 6) is 1.93. The Hall–Kier alpha value is -1.49. The first-order valence-electron chi connectivity index (χ1n) is 5.13. The van der Waals surface area contributed by atoms with Crippen molar-refractivity contribution in [2.45, 2.75) is 25.3 Å². The first-order valence-corrected chi connectivity index (χ1v) is 5.50. The topological polar surface area (TPSA) is 64.1 Å². The van der Waals surface area contributed by atoms with E-state index in [-0.39, 0.29) is 0 Å². The molecule has 3 rings (SSSR count). The molecule has 0 amide bonds. The number of halogens is 1. The molecule has 2 aromatic heterocycles. The number of hydrogen-bond donors (Lipinski definition) is 1. The van der Waals surface area contributed by atoms with E-state index in [1.165, 1.54) is 0 Å². The van der Waals surface area contributed by atoms with Gasteiger partial charge >= 0.3 is 6.01 Å². The van der Waals surface area contributed by atoms with E-state index in [1.54, 1.807) is 12.1 Å². The highest BCUT2D eigenvalue weighted by atomic mass is 35.5. The third-order valence-corrected chi connectivity index (χ3v) is 2.61. The van der Waals surface area contributed by atoms with Crippen molar-refractivity contribution >= 4 is 17.6 Å². The molecule has 16 heavy (non-hydrogen) atoms. The Labute approximate surface area is 96.8 Å². The molecule has 1 fully saturated rings. The SMILES string of the molecule is Clc1ccc(CNc2nnc(C3CC3)o2)o1. The van der Waals surface area contributed by atoms with Crippen LogP contribution in [0, 0.1) is 0 Å². The molecule has 2 heterocycles. The van der Waals surface area contributed by atoms with E-state index >= 15 is 0 Å². The van der Waals surface area contributed by atoms with E-state index < -0.39 is 0 Å². The third-order valence-electron chi connectivity index (χ3n) is 2.41. The van der Waals surface area contributed by atoms with Gasteiger partial charge in [-0.05, 0) is 36.6 Å². The quantitative estimate of drug-likeness (QED) is 0.889. The van der Waals surface area contributed by atoms with Crippen LogP contribution in [0.3, 0.4) is 0 Å². The molecule has 1 aliphatic rings. The van der Waals surface area contributed by atoms with Crippen molar-refractivity contribution in [1.82, 2.24) is 10.2 Å². The van der Waals surface area contributed by atoms with E-state index in [4.69, 9.17) is 20.4 Å². The van der Waals surface area contributed by atoms with Crippen LogP contribution in [0.4, 0.5) is 6.01 Å². The summed E-state index contributed by atoms with van der Waals surface area (Å²) in [5, 5.41) is 11.2. The fourth-order valence-corrected chi connectivity index (χ4v) is 1.57. The van der Waals surface area contributed by atoms with Crippen LogP contribution in [0.1, 0.15) is 30.4 Å². The van der Waals surface area contributed by atoms with Gasteiger partial charge in [0, 0.05) is 5.92 Å². The van der Waals surface area contributed by atoms with Gasteiger partial charge in [0.25, 0.3) is 0 Å². The van der Waals surface area contributed by atoms with E-state index in [0.717, 1.165) is 24.5 Å². The van der Waals surface area contributed by atoms with Crippen LogP contribution >= 0.6 is 11.6 Å². The van der Waals surface area contributed by atoms with Gasteiger partial charge in [0.05, 0.1) is 6.54 Å². The summed E-state index contributed by atoms with van der Waals surface area (Å²) >= 11 is 5.65.